The number of halogens is 3. The summed E-state index contributed by atoms with van der Waals surface area (Å²) in [6.45, 7) is 0.576. The Labute approximate surface area is 112 Å². The fourth-order valence-electron chi connectivity index (χ4n) is 1.26. The molecule has 1 N–H and O–H groups in total. The first-order valence-corrected chi connectivity index (χ1v) is 6.13. The molecule has 0 spiro atoms. The van der Waals surface area contributed by atoms with Crippen LogP contribution in [0.15, 0.2) is 39.4 Å². The maximum atomic E-state index is 6.01. The molecule has 0 atom stereocenters. The molecule has 0 fully saturated rings. The van der Waals surface area contributed by atoms with Crippen molar-refractivity contribution in [2.45, 2.75) is 6.54 Å². The molecule has 84 valence electrons. The molecule has 5 heteroatoms. The fraction of sp³-hybridized carbons (Fsp3) is 0.0909. The minimum absolute atomic E-state index is 0.576. The van der Waals surface area contributed by atoms with Crippen LogP contribution >= 0.6 is 39.1 Å². The molecule has 16 heavy (non-hydrogen) atoms. The molecule has 0 radical (unpaired) electrons. The molecule has 0 unspecified atom stereocenters. The number of rotatable bonds is 3. The third kappa shape index (κ3) is 2.94. The molecule has 0 saturated heterocycles. The third-order valence-corrected chi connectivity index (χ3v) is 2.99. The average Bonchev–Trinajstić information content (AvgIpc) is 2.63. The SMILES string of the molecule is Clc1ccc(NCc2ccc(Br)o2)c(Cl)c1. The molecule has 0 amide bonds. The Balaban J connectivity index is 2.04. The van der Waals surface area contributed by atoms with E-state index in [9.17, 15) is 0 Å². The molecule has 0 aliphatic heterocycles. The van der Waals surface area contributed by atoms with Crippen LogP contribution in [0.1, 0.15) is 5.76 Å². The summed E-state index contributed by atoms with van der Waals surface area (Å²) in [6.07, 6.45) is 0. The second-order valence-electron chi connectivity index (χ2n) is 3.18. The topological polar surface area (TPSA) is 25.2 Å². The van der Waals surface area contributed by atoms with Gasteiger partial charge in [-0.25, -0.2) is 0 Å². The Morgan fingerprint density at radius 3 is 2.62 bits per heavy atom. The molecule has 0 bridgehead atoms. The summed E-state index contributed by atoms with van der Waals surface area (Å²) in [5.74, 6) is 0.831. The van der Waals surface area contributed by atoms with Crippen molar-refractivity contribution in [3.63, 3.8) is 0 Å². The van der Waals surface area contributed by atoms with Gasteiger partial charge in [0.2, 0.25) is 0 Å². The van der Waals surface area contributed by atoms with E-state index in [0.29, 0.717) is 21.3 Å². The number of hydrogen-bond donors (Lipinski definition) is 1. The van der Waals surface area contributed by atoms with Crippen molar-refractivity contribution in [2.24, 2.45) is 0 Å². The summed E-state index contributed by atoms with van der Waals surface area (Å²) in [6, 6.07) is 9.06. The van der Waals surface area contributed by atoms with E-state index in [-0.39, 0.29) is 0 Å². The second kappa shape index (κ2) is 5.13. The van der Waals surface area contributed by atoms with Crippen molar-refractivity contribution < 1.29 is 4.42 Å². The molecule has 0 aliphatic rings. The Hall–Kier alpha value is -0.640. The third-order valence-electron chi connectivity index (χ3n) is 2.01. The quantitative estimate of drug-likeness (QED) is 0.864. The highest BCUT2D eigenvalue weighted by Gasteiger charge is 2.03. The normalized spacial score (nSPS) is 10.4. The summed E-state index contributed by atoms with van der Waals surface area (Å²) >= 11 is 15.1. The summed E-state index contributed by atoms with van der Waals surface area (Å²) < 4.78 is 6.07. The Bertz CT molecular complexity index is 498. The first-order valence-electron chi connectivity index (χ1n) is 4.58. The molecule has 2 nitrogen and oxygen atoms in total. The standard InChI is InChI=1S/C11H8BrCl2NO/c12-11-4-2-8(16-11)6-15-10-3-1-7(13)5-9(10)14/h1-5,15H,6H2. The van der Waals surface area contributed by atoms with Gasteiger partial charge < -0.3 is 9.73 Å². The van der Waals surface area contributed by atoms with Crippen LogP contribution in [-0.4, -0.2) is 0 Å². The molecule has 1 aromatic carbocycles. The van der Waals surface area contributed by atoms with Gasteiger partial charge in [-0.05, 0) is 46.3 Å². The number of hydrogen-bond acceptors (Lipinski definition) is 2. The lowest BCUT2D eigenvalue weighted by Gasteiger charge is -2.06. The monoisotopic (exact) mass is 319 g/mol. The first kappa shape index (κ1) is 11.8. The maximum absolute atomic E-state index is 6.01. The minimum Gasteiger partial charge on any atom is -0.452 e. The highest BCUT2D eigenvalue weighted by molar-refractivity contribution is 9.10. The van der Waals surface area contributed by atoms with Crippen molar-refractivity contribution in [1.82, 2.24) is 0 Å². The van der Waals surface area contributed by atoms with Crippen molar-refractivity contribution in [1.29, 1.82) is 0 Å². The van der Waals surface area contributed by atoms with Gasteiger partial charge in [0.15, 0.2) is 4.67 Å². The van der Waals surface area contributed by atoms with Gasteiger partial charge in [0.05, 0.1) is 17.3 Å². The predicted molar refractivity (Wildman–Crippen MR) is 70.2 cm³/mol. The van der Waals surface area contributed by atoms with E-state index in [1.54, 1.807) is 12.1 Å². The van der Waals surface area contributed by atoms with Crippen LogP contribution in [0.3, 0.4) is 0 Å². The zero-order chi connectivity index (χ0) is 11.5. The van der Waals surface area contributed by atoms with Crippen LogP contribution in [0.4, 0.5) is 5.69 Å². The number of nitrogens with one attached hydrogen (secondary N) is 1. The molecule has 1 heterocycles. The van der Waals surface area contributed by atoms with Crippen LogP contribution in [0.5, 0.6) is 0 Å². The molecular formula is C11H8BrCl2NO. The van der Waals surface area contributed by atoms with E-state index in [0.717, 1.165) is 11.4 Å². The Morgan fingerprint density at radius 2 is 2.00 bits per heavy atom. The van der Waals surface area contributed by atoms with Gasteiger partial charge in [-0.15, -0.1) is 0 Å². The average molecular weight is 321 g/mol. The lowest BCUT2D eigenvalue weighted by atomic mass is 10.3. The van der Waals surface area contributed by atoms with E-state index in [1.807, 2.05) is 18.2 Å². The summed E-state index contributed by atoms with van der Waals surface area (Å²) in [4.78, 5) is 0. The van der Waals surface area contributed by atoms with Gasteiger partial charge >= 0.3 is 0 Å². The van der Waals surface area contributed by atoms with Crippen molar-refractivity contribution in [3.8, 4) is 0 Å². The molecule has 0 aliphatic carbocycles. The van der Waals surface area contributed by atoms with Crippen molar-refractivity contribution in [2.75, 3.05) is 5.32 Å². The number of furan rings is 1. The van der Waals surface area contributed by atoms with Crippen LogP contribution in [0, 0.1) is 0 Å². The highest BCUT2D eigenvalue weighted by Crippen LogP contribution is 2.26. The summed E-state index contributed by atoms with van der Waals surface area (Å²) in [7, 11) is 0. The zero-order valence-corrected chi connectivity index (χ0v) is 11.2. The smallest absolute Gasteiger partial charge is 0.169 e. The van der Waals surface area contributed by atoms with Crippen molar-refractivity contribution in [3.05, 3.63) is 50.8 Å². The molecular weight excluding hydrogens is 313 g/mol. The van der Waals surface area contributed by atoms with Gasteiger partial charge in [0.25, 0.3) is 0 Å². The van der Waals surface area contributed by atoms with Crippen molar-refractivity contribution >= 4 is 44.8 Å². The fourth-order valence-corrected chi connectivity index (χ4v) is 2.08. The lowest BCUT2D eigenvalue weighted by Crippen LogP contribution is -1.98. The van der Waals surface area contributed by atoms with Gasteiger partial charge in [-0.2, -0.15) is 0 Å². The minimum atomic E-state index is 0.576. The molecule has 2 aromatic rings. The van der Waals surface area contributed by atoms with E-state index < -0.39 is 0 Å². The first-order chi connectivity index (χ1) is 7.65. The maximum Gasteiger partial charge on any atom is 0.169 e. The van der Waals surface area contributed by atoms with Crippen LogP contribution in [-0.2, 0) is 6.54 Å². The lowest BCUT2D eigenvalue weighted by molar-refractivity contribution is 0.495. The number of benzene rings is 1. The molecule has 1 aromatic heterocycles. The van der Waals surface area contributed by atoms with E-state index >= 15 is 0 Å². The summed E-state index contributed by atoms with van der Waals surface area (Å²) in [5, 5.41) is 4.38. The largest absolute Gasteiger partial charge is 0.452 e. The second-order valence-corrected chi connectivity index (χ2v) is 4.81. The van der Waals surface area contributed by atoms with Gasteiger partial charge in [-0.3, -0.25) is 0 Å². The highest BCUT2D eigenvalue weighted by atomic mass is 79.9. The number of anilines is 1. The van der Waals surface area contributed by atoms with Crippen LogP contribution in [0.25, 0.3) is 0 Å². The van der Waals surface area contributed by atoms with Gasteiger partial charge in [-0.1, -0.05) is 23.2 Å². The van der Waals surface area contributed by atoms with Gasteiger partial charge in [0.1, 0.15) is 5.76 Å². The van der Waals surface area contributed by atoms with Crippen LogP contribution < -0.4 is 5.32 Å². The van der Waals surface area contributed by atoms with E-state index in [2.05, 4.69) is 21.2 Å². The van der Waals surface area contributed by atoms with Crippen LogP contribution in [0.2, 0.25) is 10.0 Å². The van der Waals surface area contributed by atoms with Gasteiger partial charge in [0, 0.05) is 5.02 Å². The zero-order valence-electron chi connectivity index (χ0n) is 8.14. The molecule has 2 rings (SSSR count). The van der Waals surface area contributed by atoms with E-state index in [4.69, 9.17) is 27.6 Å². The molecule has 0 saturated carbocycles. The summed E-state index contributed by atoms with van der Waals surface area (Å²) in [5.41, 5.74) is 0.832. The Morgan fingerprint density at radius 1 is 1.19 bits per heavy atom. The predicted octanol–water partition coefficient (Wildman–Crippen LogP) is 4.96. The van der Waals surface area contributed by atoms with E-state index in [1.165, 1.54) is 0 Å². The Kier molecular flexibility index (Phi) is 3.79.